The van der Waals surface area contributed by atoms with Crippen molar-refractivity contribution in [1.82, 2.24) is 5.32 Å². The number of aliphatic hydroxyl groups is 4. The molecule has 9 nitrogen and oxygen atoms in total. The molecule has 0 aliphatic heterocycles. The summed E-state index contributed by atoms with van der Waals surface area (Å²) in [6.07, 6.45) is -6.56. The average Bonchev–Trinajstić information content (AvgIpc) is 2.31. The van der Waals surface area contributed by atoms with Gasteiger partial charge in [-0.25, -0.2) is 0 Å². The number of hydrogen-bond acceptors (Lipinski definition) is 7. The number of hydrogen-bond donors (Lipinski definition) is 6. The fraction of sp³-hybridized carbons (Fsp3) is 0.700. The first-order valence-corrected chi connectivity index (χ1v) is 5.37. The van der Waals surface area contributed by atoms with Crippen LogP contribution in [0.15, 0.2) is 0 Å². The Morgan fingerprint density at radius 2 is 1.63 bits per heavy atom. The quantitative estimate of drug-likeness (QED) is 0.250. The first-order valence-electron chi connectivity index (χ1n) is 5.37. The van der Waals surface area contributed by atoms with Gasteiger partial charge in [0.25, 0.3) is 0 Å². The number of rotatable bonds is 8. The summed E-state index contributed by atoms with van der Waals surface area (Å²) in [6.45, 7) is 0.154. The molecule has 0 spiro atoms. The molecule has 0 saturated carbocycles. The number of ketones is 1. The van der Waals surface area contributed by atoms with Crippen molar-refractivity contribution in [3.05, 3.63) is 0 Å². The minimum atomic E-state index is -1.95. The number of amides is 1. The number of Topliss-reactive ketones (excluding diaryl/α,β-unsaturated/α-hetero) is 1. The zero-order valence-electron chi connectivity index (χ0n) is 10.2. The molecule has 0 fully saturated rings. The second-order valence-electron chi connectivity index (χ2n) is 3.95. The second-order valence-corrected chi connectivity index (χ2v) is 3.95. The Balaban J connectivity index is 4.96. The van der Waals surface area contributed by atoms with E-state index in [2.05, 4.69) is 0 Å². The van der Waals surface area contributed by atoms with Crippen molar-refractivity contribution in [1.29, 1.82) is 0 Å². The largest absolute Gasteiger partial charge is 0.481 e. The minimum absolute atomic E-state index is 0.728. The van der Waals surface area contributed by atoms with Gasteiger partial charge in [0.1, 0.15) is 30.8 Å². The lowest BCUT2D eigenvalue weighted by molar-refractivity contribution is -0.145. The number of carbonyl (C=O) groups excluding carboxylic acids is 2. The van der Waals surface area contributed by atoms with Gasteiger partial charge >= 0.3 is 5.97 Å². The summed E-state index contributed by atoms with van der Waals surface area (Å²) in [7, 11) is 0. The zero-order valence-corrected chi connectivity index (χ0v) is 10.2. The predicted molar refractivity (Wildman–Crippen MR) is 60.0 cm³/mol. The van der Waals surface area contributed by atoms with Gasteiger partial charge in [-0.3, -0.25) is 14.4 Å². The van der Waals surface area contributed by atoms with Crippen LogP contribution in [0.25, 0.3) is 0 Å². The van der Waals surface area contributed by atoms with E-state index >= 15 is 0 Å². The highest BCUT2D eigenvalue weighted by atomic mass is 16.4. The molecule has 0 unspecified atom stereocenters. The maximum absolute atomic E-state index is 11.5. The molecule has 110 valence electrons. The van der Waals surface area contributed by atoms with Crippen molar-refractivity contribution in [3.63, 3.8) is 0 Å². The SMILES string of the molecule is CC(=O)N[C@@H](C(=O)CC(=O)O)[C@@H](O)[C@H](O)[C@H](O)CO. The number of aliphatic hydroxyl groups excluding tert-OH is 4. The lowest BCUT2D eigenvalue weighted by atomic mass is 9.96. The lowest BCUT2D eigenvalue weighted by Crippen LogP contribution is -2.56. The van der Waals surface area contributed by atoms with Gasteiger partial charge in [0.05, 0.1) is 6.61 Å². The van der Waals surface area contributed by atoms with Crippen molar-refractivity contribution in [2.45, 2.75) is 37.7 Å². The molecular weight excluding hydrogens is 262 g/mol. The summed E-state index contributed by atoms with van der Waals surface area (Å²) in [5.74, 6) is -3.24. The van der Waals surface area contributed by atoms with Crippen LogP contribution in [-0.4, -0.2) is 74.2 Å². The van der Waals surface area contributed by atoms with Crippen molar-refractivity contribution in [2.24, 2.45) is 0 Å². The van der Waals surface area contributed by atoms with Gasteiger partial charge < -0.3 is 30.8 Å². The third-order valence-electron chi connectivity index (χ3n) is 2.30. The summed E-state index contributed by atoms with van der Waals surface area (Å²) >= 11 is 0. The van der Waals surface area contributed by atoms with Gasteiger partial charge in [-0.1, -0.05) is 0 Å². The minimum Gasteiger partial charge on any atom is -0.481 e. The Hall–Kier alpha value is -1.55. The molecule has 0 aromatic rings. The van der Waals surface area contributed by atoms with E-state index in [0.717, 1.165) is 6.92 Å². The van der Waals surface area contributed by atoms with E-state index in [1.807, 2.05) is 5.32 Å². The summed E-state index contributed by atoms with van der Waals surface area (Å²) < 4.78 is 0. The molecule has 0 saturated heterocycles. The highest BCUT2D eigenvalue weighted by Gasteiger charge is 2.36. The number of nitrogens with one attached hydrogen (secondary N) is 1. The maximum atomic E-state index is 11.5. The van der Waals surface area contributed by atoms with Crippen molar-refractivity contribution in [2.75, 3.05) is 6.61 Å². The Morgan fingerprint density at radius 3 is 2.00 bits per heavy atom. The molecule has 0 radical (unpaired) electrons. The highest BCUT2D eigenvalue weighted by molar-refractivity contribution is 5.99. The lowest BCUT2D eigenvalue weighted by Gasteiger charge is -2.28. The number of aliphatic carboxylic acids is 1. The average molecular weight is 279 g/mol. The van der Waals surface area contributed by atoms with E-state index < -0.39 is 55.0 Å². The first-order chi connectivity index (χ1) is 8.70. The molecule has 0 aliphatic rings. The van der Waals surface area contributed by atoms with Gasteiger partial charge in [-0.05, 0) is 0 Å². The normalized spacial score (nSPS) is 17.1. The smallest absolute Gasteiger partial charge is 0.310 e. The van der Waals surface area contributed by atoms with Crippen LogP contribution in [0.2, 0.25) is 0 Å². The van der Waals surface area contributed by atoms with Crippen LogP contribution < -0.4 is 5.32 Å². The molecule has 4 atom stereocenters. The van der Waals surface area contributed by atoms with Crippen LogP contribution in [0.3, 0.4) is 0 Å². The van der Waals surface area contributed by atoms with Crippen molar-refractivity contribution >= 4 is 17.7 Å². The van der Waals surface area contributed by atoms with Crippen LogP contribution in [0.5, 0.6) is 0 Å². The summed E-state index contributed by atoms with van der Waals surface area (Å²) in [5, 5.41) is 47.3. The van der Waals surface area contributed by atoms with Gasteiger partial charge in [-0.15, -0.1) is 0 Å². The van der Waals surface area contributed by atoms with Crippen molar-refractivity contribution in [3.8, 4) is 0 Å². The summed E-state index contributed by atoms with van der Waals surface area (Å²) in [6, 6.07) is -1.69. The predicted octanol–water partition coefficient (Wildman–Crippen LogP) is -3.39. The summed E-state index contributed by atoms with van der Waals surface area (Å²) in [4.78, 5) is 32.8. The van der Waals surface area contributed by atoms with Crippen molar-refractivity contribution < 1.29 is 39.9 Å². The topological polar surface area (TPSA) is 164 Å². The third-order valence-corrected chi connectivity index (χ3v) is 2.30. The molecule has 9 heteroatoms. The fourth-order valence-electron chi connectivity index (χ4n) is 1.37. The molecule has 19 heavy (non-hydrogen) atoms. The zero-order chi connectivity index (χ0) is 15.2. The molecular formula is C10H17NO8. The van der Waals surface area contributed by atoms with Gasteiger partial charge in [-0.2, -0.15) is 0 Å². The summed E-state index contributed by atoms with van der Waals surface area (Å²) in [5.41, 5.74) is 0. The number of carbonyl (C=O) groups is 3. The molecule has 0 aromatic heterocycles. The molecule has 0 heterocycles. The van der Waals surface area contributed by atoms with Crippen LogP contribution in [0.4, 0.5) is 0 Å². The van der Waals surface area contributed by atoms with E-state index in [9.17, 15) is 24.6 Å². The maximum Gasteiger partial charge on any atom is 0.310 e. The van der Waals surface area contributed by atoms with E-state index in [1.54, 1.807) is 0 Å². The molecule has 6 N–H and O–H groups in total. The first kappa shape index (κ1) is 17.4. The Morgan fingerprint density at radius 1 is 1.11 bits per heavy atom. The van der Waals surface area contributed by atoms with E-state index in [1.165, 1.54) is 0 Å². The number of carboxylic acid groups (broad SMARTS) is 1. The Bertz CT molecular complexity index is 344. The fourth-order valence-corrected chi connectivity index (χ4v) is 1.37. The monoisotopic (exact) mass is 279 g/mol. The Labute approximate surface area is 108 Å². The Kier molecular flexibility index (Phi) is 7.16. The molecule has 0 aromatic carbocycles. The number of carboxylic acids is 1. The van der Waals surface area contributed by atoms with Crippen LogP contribution in [0.1, 0.15) is 13.3 Å². The van der Waals surface area contributed by atoms with E-state index in [4.69, 9.17) is 15.3 Å². The van der Waals surface area contributed by atoms with Crippen LogP contribution in [0, 0.1) is 0 Å². The van der Waals surface area contributed by atoms with Crippen LogP contribution >= 0.6 is 0 Å². The van der Waals surface area contributed by atoms with Crippen LogP contribution in [-0.2, 0) is 14.4 Å². The van der Waals surface area contributed by atoms with E-state index in [0.29, 0.717) is 0 Å². The highest BCUT2D eigenvalue weighted by Crippen LogP contribution is 2.08. The third kappa shape index (κ3) is 5.75. The van der Waals surface area contributed by atoms with Gasteiger partial charge in [0.15, 0.2) is 5.78 Å². The molecule has 0 aliphatic carbocycles. The van der Waals surface area contributed by atoms with Gasteiger partial charge in [0, 0.05) is 6.92 Å². The molecule has 1 amide bonds. The van der Waals surface area contributed by atoms with Gasteiger partial charge in [0.2, 0.25) is 5.91 Å². The molecule has 0 rings (SSSR count). The van der Waals surface area contributed by atoms with E-state index in [-0.39, 0.29) is 0 Å². The second kappa shape index (κ2) is 7.79. The molecule has 0 bridgehead atoms. The standard InChI is InChI=1S/C10H17NO8/c1-4(13)11-8(5(14)2-7(16)17)10(19)9(18)6(15)3-12/h6,8-10,12,15,18-19H,2-3H2,1H3,(H,11,13)(H,16,17)/t6-,8+,9-,10-/m1/s1.